The molecule has 0 saturated carbocycles. The Labute approximate surface area is 178 Å². The van der Waals surface area contributed by atoms with E-state index in [1.54, 1.807) is 11.1 Å². The molecule has 0 bridgehead atoms. The van der Waals surface area contributed by atoms with Crippen molar-refractivity contribution >= 4 is 11.8 Å². The zero-order valence-electron chi connectivity index (χ0n) is 18.0. The Hall–Kier alpha value is -2.80. The van der Waals surface area contributed by atoms with Crippen molar-refractivity contribution in [3.63, 3.8) is 0 Å². The average Bonchev–Trinajstić information content (AvgIpc) is 2.77. The van der Waals surface area contributed by atoms with Crippen molar-refractivity contribution in [2.75, 3.05) is 39.3 Å². The highest BCUT2D eigenvalue weighted by Gasteiger charge is 2.25. The lowest BCUT2D eigenvalue weighted by Gasteiger charge is -2.33. The van der Waals surface area contributed by atoms with Crippen LogP contribution in [0.3, 0.4) is 0 Å². The first-order valence-corrected chi connectivity index (χ1v) is 10.8. The molecule has 1 fully saturated rings. The maximum atomic E-state index is 12.7. The molecule has 0 unspecified atom stereocenters. The molecule has 1 saturated heterocycles. The molecular formula is C23H32N5O2+. The number of hydrogen-bond acceptors (Lipinski definition) is 4. The summed E-state index contributed by atoms with van der Waals surface area (Å²) in [5.41, 5.74) is 2.44. The predicted molar refractivity (Wildman–Crippen MR) is 115 cm³/mol. The summed E-state index contributed by atoms with van der Waals surface area (Å²) in [5.74, 6) is -0.0353. The fourth-order valence-electron chi connectivity index (χ4n) is 3.77. The molecule has 7 nitrogen and oxygen atoms in total. The van der Waals surface area contributed by atoms with Crippen LogP contribution in [0.15, 0.2) is 42.7 Å². The second-order valence-corrected chi connectivity index (χ2v) is 7.88. The van der Waals surface area contributed by atoms with Gasteiger partial charge in [0, 0.05) is 31.3 Å². The van der Waals surface area contributed by atoms with Gasteiger partial charge in [0.1, 0.15) is 12.2 Å². The van der Waals surface area contributed by atoms with Crippen molar-refractivity contribution in [3.05, 3.63) is 59.7 Å². The van der Waals surface area contributed by atoms with E-state index in [1.165, 1.54) is 16.7 Å². The summed E-state index contributed by atoms with van der Waals surface area (Å²) in [5, 5.41) is 0. The summed E-state index contributed by atoms with van der Waals surface area (Å²) in [4.78, 5) is 39.0. The van der Waals surface area contributed by atoms with Gasteiger partial charge in [0.2, 0.25) is 5.91 Å². The summed E-state index contributed by atoms with van der Waals surface area (Å²) in [6, 6.07) is 10.5. The minimum Gasteiger partial charge on any atom is -0.337 e. The number of quaternary nitrogens is 1. The first-order valence-electron chi connectivity index (χ1n) is 10.8. The van der Waals surface area contributed by atoms with E-state index < -0.39 is 0 Å². The first kappa shape index (κ1) is 21.9. The number of amides is 2. The van der Waals surface area contributed by atoms with E-state index in [4.69, 9.17) is 0 Å². The highest BCUT2D eigenvalue weighted by atomic mass is 16.2. The zero-order valence-corrected chi connectivity index (χ0v) is 18.0. The summed E-state index contributed by atoms with van der Waals surface area (Å²) in [6.07, 6.45) is 4.29. The number of benzene rings is 1. The van der Waals surface area contributed by atoms with Gasteiger partial charge in [-0.2, -0.15) is 0 Å². The van der Waals surface area contributed by atoms with Crippen molar-refractivity contribution in [2.24, 2.45) is 0 Å². The molecule has 1 aromatic heterocycles. The molecule has 30 heavy (non-hydrogen) atoms. The van der Waals surface area contributed by atoms with Crippen molar-refractivity contribution in [3.8, 4) is 0 Å². The molecule has 2 aromatic rings. The molecule has 1 aromatic carbocycles. The molecule has 1 aliphatic heterocycles. The van der Waals surface area contributed by atoms with Gasteiger partial charge in [-0.1, -0.05) is 37.3 Å². The van der Waals surface area contributed by atoms with Crippen LogP contribution in [0.25, 0.3) is 0 Å². The van der Waals surface area contributed by atoms with Crippen LogP contribution in [0.1, 0.15) is 41.5 Å². The smallest absolute Gasteiger partial charge is 0.274 e. The fourth-order valence-corrected chi connectivity index (χ4v) is 3.77. The van der Waals surface area contributed by atoms with E-state index in [-0.39, 0.29) is 11.8 Å². The van der Waals surface area contributed by atoms with E-state index >= 15 is 0 Å². The highest BCUT2D eigenvalue weighted by Crippen LogP contribution is 2.06. The lowest BCUT2D eigenvalue weighted by atomic mass is 10.2. The standard InChI is InChI=1S/C23H31N5O2/c1-3-10-28(23(30)21-17-24-19(2)16-25-21)11-9-22(29)27-14-12-26(13-15-27)18-20-7-5-4-6-8-20/h4-8,16-17H,3,9-15,18H2,1-2H3/p+1. The lowest BCUT2D eigenvalue weighted by molar-refractivity contribution is -0.917. The summed E-state index contributed by atoms with van der Waals surface area (Å²) < 4.78 is 0. The van der Waals surface area contributed by atoms with E-state index in [0.29, 0.717) is 25.2 Å². The van der Waals surface area contributed by atoms with Crippen LogP contribution in [0, 0.1) is 6.92 Å². The van der Waals surface area contributed by atoms with Crippen LogP contribution in [-0.4, -0.2) is 70.9 Å². The first-order chi connectivity index (χ1) is 14.6. The van der Waals surface area contributed by atoms with Gasteiger partial charge in [0.05, 0.1) is 38.1 Å². The average molecular weight is 411 g/mol. The molecule has 0 atom stereocenters. The zero-order chi connectivity index (χ0) is 21.3. The SMILES string of the molecule is CCCN(CCC(=O)N1CC[NH+](Cc2ccccc2)CC1)C(=O)c1cnc(C)cn1. The van der Waals surface area contributed by atoms with Gasteiger partial charge in [-0.05, 0) is 13.3 Å². The second-order valence-electron chi connectivity index (χ2n) is 7.88. The van der Waals surface area contributed by atoms with Crippen molar-refractivity contribution in [1.82, 2.24) is 19.8 Å². The van der Waals surface area contributed by atoms with Crippen LogP contribution in [0.2, 0.25) is 0 Å². The van der Waals surface area contributed by atoms with Crippen LogP contribution in [-0.2, 0) is 11.3 Å². The molecule has 0 radical (unpaired) electrons. The predicted octanol–water partition coefficient (Wildman–Crippen LogP) is 0.955. The second kappa shape index (κ2) is 10.8. The highest BCUT2D eigenvalue weighted by molar-refractivity contribution is 5.92. The number of nitrogens with one attached hydrogen (secondary N) is 1. The van der Waals surface area contributed by atoms with Gasteiger partial charge >= 0.3 is 0 Å². The minimum atomic E-state index is -0.158. The Morgan fingerprint density at radius 2 is 1.80 bits per heavy atom. The Morgan fingerprint density at radius 3 is 2.43 bits per heavy atom. The number of nitrogens with zero attached hydrogens (tertiary/aromatic N) is 4. The molecule has 160 valence electrons. The molecule has 2 heterocycles. The summed E-state index contributed by atoms with van der Waals surface area (Å²) in [6.45, 7) is 9.34. The minimum absolute atomic E-state index is 0.123. The monoisotopic (exact) mass is 410 g/mol. The molecule has 3 rings (SSSR count). The van der Waals surface area contributed by atoms with Gasteiger partial charge in [0.25, 0.3) is 5.91 Å². The third-order valence-corrected chi connectivity index (χ3v) is 5.50. The summed E-state index contributed by atoms with van der Waals surface area (Å²) >= 11 is 0. The molecule has 2 amide bonds. The van der Waals surface area contributed by atoms with E-state index in [1.807, 2.05) is 24.8 Å². The van der Waals surface area contributed by atoms with Crippen molar-refractivity contribution in [2.45, 2.75) is 33.2 Å². The Morgan fingerprint density at radius 1 is 1.07 bits per heavy atom. The third-order valence-electron chi connectivity index (χ3n) is 5.50. The van der Waals surface area contributed by atoms with Crippen molar-refractivity contribution < 1.29 is 14.5 Å². The number of hydrogen-bond donors (Lipinski definition) is 1. The Kier molecular flexibility index (Phi) is 7.90. The topological polar surface area (TPSA) is 70.8 Å². The number of carbonyl (C=O) groups is 2. The maximum absolute atomic E-state index is 12.7. The quantitative estimate of drug-likeness (QED) is 0.704. The third kappa shape index (κ3) is 6.10. The number of rotatable bonds is 8. The number of aromatic nitrogens is 2. The molecule has 0 spiro atoms. The van der Waals surface area contributed by atoms with Gasteiger partial charge in [-0.15, -0.1) is 0 Å². The Balaban J connectivity index is 1.47. The fraction of sp³-hybridized carbons (Fsp3) is 0.478. The Bertz CT molecular complexity index is 817. The van der Waals surface area contributed by atoms with E-state index in [2.05, 4.69) is 34.2 Å². The van der Waals surface area contributed by atoms with Crippen LogP contribution in [0.4, 0.5) is 0 Å². The maximum Gasteiger partial charge on any atom is 0.274 e. The normalized spacial score (nSPS) is 14.5. The van der Waals surface area contributed by atoms with Gasteiger partial charge in [0.15, 0.2) is 0 Å². The van der Waals surface area contributed by atoms with Crippen LogP contribution in [0.5, 0.6) is 0 Å². The van der Waals surface area contributed by atoms with E-state index in [9.17, 15) is 9.59 Å². The number of piperazine rings is 1. The molecule has 1 aliphatic rings. The van der Waals surface area contributed by atoms with Crippen molar-refractivity contribution in [1.29, 1.82) is 0 Å². The lowest BCUT2D eigenvalue weighted by Crippen LogP contribution is -3.13. The number of aryl methyl sites for hydroxylation is 1. The van der Waals surface area contributed by atoms with Crippen LogP contribution >= 0.6 is 0 Å². The largest absolute Gasteiger partial charge is 0.337 e. The summed E-state index contributed by atoms with van der Waals surface area (Å²) in [7, 11) is 0. The molecule has 0 aliphatic carbocycles. The van der Waals surface area contributed by atoms with Gasteiger partial charge < -0.3 is 14.7 Å². The number of carbonyl (C=O) groups excluding carboxylic acids is 2. The van der Waals surface area contributed by atoms with Gasteiger partial charge in [-0.25, -0.2) is 4.98 Å². The molecule has 7 heteroatoms. The van der Waals surface area contributed by atoms with Crippen LogP contribution < -0.4 is 4.90 Å². The molecular weight excluding hydrogens is 378 g/mol. The van der Waals surface area contributed by atoms with E-state index in [0.717, 1.165) is 44.8 Å². The molecule has 1 N–H and O–H groups in total. The van der Waals surface area contributed by atoms with Gasteiger partial charge in [-0.3, -0.25) is 14.6 Å².